The first kappa shape index (κ1) is 28.2. The summed E-state index contributed by atoms with van der Waals surface area (Å²) in [5.41, 5.74) is 13.8. The van der Waals surface area contributed by atoms with Gasteiger partial charge in [-0.15, -0.1) is 11.3 Å². The topological polar surface area (TPSA) is 51.8 Å². The second kappa shape index (κ2) is 10.7. The Morgan fingerprint density at radius 1 is 0.580 bits per heavy atom. The highest BCUT2D eigenvalue weighted by Crippen LogP contribution is 2.56. The first-order valence-corrected chi connectivity index (χ1v) is 18.4. The molecule has 0 aliphatic heterocycles. The summed E-state index contributed by atoms with van der Waals surface area (Å²) in [5, 5.41) is 3.30. The second-order valence-corrected chi connectivity index (χ2v) is 14.9. The largest absolute Gasteiger partial charge is 0.455 e. The van der Waals surface area contributed by atoms with E-state index < -0.39 is 0 Å². The Kier molecular flexibility index (Phi) is 6.02. The van der Waals surface area contributed by atoms with Crippen molar-refractivity contribution in [3.63, 3.8) is 0 Å². The van der Waals surface area contributed by atoms with Crippen LogP contribution in [0.5, 0.6) is 0 Å². The molecule has 0 amide bonds. The van der Waals surface area contributed by atoms with Crippen LogP contribution in [-0.4, -0.2) is 15.0 Å². The predicted octanol–water partition coefficient (Wildman–Crippen LogP) is 12.4. The van der Waals surface area contributed by atoms with Gasteiger partial charge in [0.05, 0.1) is 21.5 Å². The van der Waals surface area contributed by atoms with Gasteiger partial charge in [0.2, 0.25) is 0 Å². The maximum Gasteiger partial charge on any atom is 0.164 e. The number of aromatic nitrogens is 3. The minimum atomic E-state index is 0.166. The molecular formula is C45H31N3OS. The predicted molar refractivity (Wildman–Crippen MR) is 206 cm³/mol. The maximum absolute atomic E-state index is 6.78. The normalized spacial score (nSPS) is 15.0. The quantitative estimate of drug-likeness (QED) is 0.189. The molecule has 9 aromatic rings. The second-order valence-electron chi connectivity index (χ2n) is 13.9. The van der Waals surface area contributed by atoms with Gasteiger partial charge in [0.15, 0.2) is 5.82 Å². The zero-order chi connectivity index (χ0) is 32.8. The van der Waals surface area contributed by atoms with Crippen LogP contribution in [0.1, 0.15) is 43.2 Å². The van der Waals surface area contributed by atoms with Gasteiger partial charge in [-0.1, -0.05) is 92.1 Å². The minimum Gasteiger partial charge on any atom is -0.455 e. The van der Waals surface area contributed by atoms with E-state index in [0.717, 1.165) is 59.9 Å². The molecule has 50 heavy (non-hydrogen) atoms. The van der Waals surface area contributed by atoms with Gasteiger partial charge in [-0.25, -0.2) is 9.97 Å². The number of rotatable bonds is 3. The number of nitrogens with zero attached hydrogens (tertiary/aromatic N) is 3. The van der Waals surface area contributed by atoms with Gasteiger partial charge in [-0.05, 0) is 88.7 Å². The lowest BCUT2D eigenvalue weighted by Crippen LogP contribution is -2.27. The van der Waals surface area contributed by atoms with Crippen LogP contribution in [0.15, 0.2) is 132 Å². The van der Waals surface area contributed by atoms with Crippen molar-refractivity contribution in [1.82, 2.24) is 15.0 Å². The van der Waals surface area contributed by atoms with Gasteiger partial charge in [-0.3, -0.25) is 4.98 Å². The molecule has 2 aliphatic carbocycles. The molecule has 1 saturated carbocycles. The van der Waals surface area contributed by atoms with E-state index in [0.29, 0.717) is 5.82 Å². The summed E-state index contributed by atoms with van der Waals surface area (Å²) in [5.74, 6) is 0.659. The fourth-order valence-electron chi connectivity index (χ4n) is 8.91. The average molecular weight is 662 g/mol. The molecule has 0 N–H and O–H groups in total. The summed E-state index contributed by atoms with van der Waals surface area (Å²) in [6.45, 7) is 0. The maximum atomic E-state index is 6.78. The standard InChI is InChI=1S/C45H31N3OS/c1-6-21-45(22-7-1)36-13-4-2-9-30(36)35-25-28(16-18-37(35)45)29-15-17-31-32-11-8-12-34(42(32)49-38(31)26-29)44-47-40(27-19-23-46-24-20-27)43-41(48-44)33-10-3-5-14-39(33)50-43/h2-5,8-20,23-26H,1,6-7,21-22H2. The molecule has 0 bridgehead atoms. The highest BCUT2D eigenvalue weighted by molar-refractivity contribution is 7.26. The summed E-state index contributed by atoms with van der Waals surface area (Å²) >= 11 is 1.73. The molecule has 0 saturated heterocycles. The number of pyridine rings is 1. The van der Waals surface area contributed by atoms with E-state index in [9.17, 15) is 0 Å². The van der Waals surface area contributed by atoms with Crippen molar-refractivity contribution in [2.75, 3.05) is 0 Å². The van der Waals surface area contributed by atoms with Crippen LogP contribution in [0, 0.1) is 0 Å². The fraction of sp³-hybridized carbons (Fsp3) is 0.133. The third-order valence-electron chi connectivity index (χ3n) is 11.2. The zero-order valence-electron chi connectivity index (χ0n) is 27.3. The summed E-state index contributed by atoms with van der Waals surface area (Å²) in [4.78, 5) is 14.7. The van der Waals surface area contributed by atoms with Crippen LogP contribution in [0.4, 0.5) is 0 Å². The lowest BCUT2D eigenvalue weighted by atomic mass is 9.68. The van der Waals surface area contributed by atoms with E-state index in [1.807, 2.05) is 24.5 Å². The smallest absolute Gasteiger partial charge is 0.164 e. The Morgan fingerprint density at radius 3 is 2.26 bits per heavy atom. The first-order valence-electron chi connectivity index (χ1n) is 17.6. The van der Waals surface area contributed by atoms with Crippen molar-refractivity contribution in [2.24, 2.45) is 0 Å². The van der Waals surface area contributed by atoms with E-state index in [-0.39, 0.29) is 5.41 Å². The van der Waals surface area contributed by atoms with Crippen LogP contribution in [0.2, 0.25) is 0 Å². The average Bonchev–Trinajstić information content (AvgIpc) is 3.83. The number of hydrogen-bond donors (Lipinski definition) is 0. The first-order chi connectivity index (χ1) is 24.7. The van der Waals surface area contributed by atoms with Gasteiger partial charge in [0.25, 0.3) is 0 Å². The molecule has 5 heteroatoms. The number of hydrogen-bond acceptors (Lipinski definition) is 5. The van der Waals surface area contributed by atoms with Crippen LogP contribution in [-0.2, 0) is 5.41 Å². The lowest BCUT2D eigenvalue weighted by molar-refractivity contribution is 0.353. The fourth-order valence-corrected chi connectivity index (χ4v) is 10.1. The van der Waals surface area contributed by atoms with E-state index in [4.69, 9.17) is 14.4 Å². The van der Waals surface area contributed by atoms with E-state index in [2.05, 4.69) is 108 Å². The number of furan rings is 1. The Labute approximate surface area is 293 Å². The molecule has 2 aliphatic rings. The van der Waals surface area contributed by atoms with Crippen molar-refractivity contribution in [2.45, 2.75) is 37.5 Å². The Hall–Kier alpha value is -5.65. The monoisotopic (exact) mass is 661 g/mol. The molecule has 4 heterocycles. The van der Waals surface area contributed by atoms with Crippen molar-refractivity contribution in [1.29, 1.82) is 0 Å². The lowest BCUT2D eigenvalue weighted by Gasteiger charge is -2.36. The summed E-state index contributed by atoms with van der Waals surface area (Å²) in [6.07, 6.45) is 10.1. The Balaban J connectivity index is 1.07. The van der Waals surface area contributed by atoms with Crippen LogP contribution in [0.3, 0.4) is 0 Å². The number of fused-ring (bicyclic) bond motifs is 11. The molecule has 5 aromatic carbocycles. The highest BCUT2D eigenvalue weighted by atomic mass is 32.1. The Morgan fingerprint density at radius 2 is 1.34 bits per heavy atom. The number of benzene rings is 5. The summed E-state index contributed by atoms with van der Waals surface area (Å²) < 4.78 is 9.05. The van der Waals surface area contributed by atoms with Crippen LogP contribution >= 0.6 is 11.3 Å². The Bertz CT molecular complexity index is 2810. The summed E-state index contributed by atoms with van der Waals surface area (Å²) in [7, 11) is 0. The number of para-hydroxylation sites is 1. The molecule has 4 nitrogen and oxygen atoms in total. The molecule has 238 valence electrons. The van der Waals surface area contributed by atoms with E-state index in [1.165, 1.54) is 64.6 Å². The van der Waals surface area contributed by atoms with Gasteiger partial charge >= 0.3 is 0 Å². The zero-order valence-corrected chi connectivity index (χ0v) is 28.1. The molecule has 4 aromatic heterocycles. The van der Waals surface area contributed by atoms with Crippen molar-refractivity contribution < 1.29 is 4.42 Å². The molecule has 0 unspecified atom stereocenters. The van der Waals surface area contributed by atoms with Gasteiger partial charge in [-0.2, -0.15) is 0 Å². The number of thiophene rings is 1. The molecule has 0 atom stereocenters. The van der Waals surface area contributed by atoms with Crippen molar-refractivity contribution in [3.05, 3.63) is 139 Å². The van der Waals surface area contributed by atoms with Crippen molar-refractivity contribution >= 4 is 53.6 Å². The third kappa shape index (κ3) is 4.01. The van der Waals surface area contributed by atoms with E-state index >= 15 is 0 Å². The third-order valence-corrected chi connectivity index (χ3v) is 12.4. The molecule has 1 fully saturated rings. The highest BCUT2D eigenvalue weighted by Gasteiger charge is 2.43. The van der Waals surface area contributed by atoms with Gasteiger partial charge in [0, 0.05) is 44.2 Å². The molecule has 0 radical (unpaired) electrons. The summed E-state index contributed by atoms with van der Waals surface area (Å²) in [6, 6.07) is 41.7. The van der Waals surface area contributed by atoms with E-state index in [1.54, 1.807) is 11.3 Å². The minimum absolute atomic E-state index is 0.166. The van der Waals surface area contributed by atoms with Crippen LogP contribution in [0.25, 0.3) is 87.1 Å². The molecule has 11 rings (SSSR count). The van der Waals surface area contributed by atoms with Crippen LogP contribution < -0.4 is 0 Å². The molecule has 1 spiro atoms. The van der Waals surface area contributed by atoms with Gasteiger partial charge < -0.3 is 4.42 Å². The molecular weight excluding hydrogens is 631 g/mol. The van der Waals surface area contributed by atoms with Crippen molar-refractivity contribution in [3.8, 4) is 44.9 Å². The SMILES string of the molecule is c1ccc2c(c1)-c1cc(-c3ccc4c(c3)oc3c(-c5nc(-c6ccncc6)c6sc7ccccc7c6n5)cccc34)ccc1C21CCCCC1. The van der Waals surface area contributed by atoms with Gasteiger partial charge in [0.1, 0.15) is 11.2 Å².